The van der Waals surface area contributed by atoms with Gasteiger partial charge in [0.05, 0.1) is 11.0 Å². The van der Waals surface area contributed by atoms with Crippen LogP contribution in [-0.2, 0) is 9.84 Å². The van der Waals surface area contributed by atoms with Crippen molar-refractivity contribution < 1.29 is 8.42 Å². The Labute approximate surface area is 98.6 Å². The molecule has 0 saturated carbocycles. The highest BCUT2D eigenvalue weighted by Gasteiger charge is 2.17. The van der Waals surface area contributed by atoms with Gasteiger partial charge >= 0.3 is 0 Å². The number of sulfone groups is 1. The zero-order valence-corrected chi connectivity index (χ0v) is 11.0. The number of benzene rings is 1. The Morgan fingerprint density at radius 1 is 1.06 bits per heavy atom. The molecule has 0 aromatic heterocycles. The molecule has 90 valence electrons. The van der Waals surface area contributed by atoms with Gasteiger partial charge in [-0.3, -0.25) is 0 Å². The molecule has 0 saturated heterocycles. The molecule has 1 rings (SSSR count). The summed E-state index contributed by atoms with van der Waals surface area (Å²) in [6, 6.07) is 10.0. The third-order valence-corrected chi connectivity index (χ3v) is 5.16. The summed E-state index contributed by atoms with van der Waals surface area (Å²) < 4.78 is 23.3. The fourth-order valence-electron chi connectivity index (χ4n) is 1.52. The lowest BCUT2D eigenvalue weighted by Gasteiger charge is -2.13. The van der Waals surface area contributed by atoms with E-state index in [0.717, 1.165) is 0 Å². The lowest BCUT2D eigenvalue weighted by Crippen LogP contribution is -2.18. The van der Waals surface area contributed by atoms with E-state index in [9.17, 15) is 8.42 Å². The molecule has 0 aliphatic heterocycles. The molecule has 1 atom stereocenters. The summed E-state index contributed by atoms with van der Waals surface area (Å²) in [5.74, 6) is 0.579. The summed E-state index contributed by atoms with van der Waals surface area (Å²) in [6.07, 6.45) is 0.699. The third-order valence-electron chi connectivity index (χ3n) is 2.92. The van der Waals surface area contributed by atoms with Gasteiger partial charge in [0, 0.05) is 0 Å². The van der Waals surface area contributed by atoms with Gasteiger partial charge in [-0.2, -0.15) is 0 Å². The molecule has 3 heteroatoms. The molecular weight excluding hydrogens is 220 g/mol. The maximum atomic E-state index is 11.7. The van der Waals surface area contributed by atoms with Gasteiger partial charge in [0.15, 0.2) is 9.84 Å². The Bertz CT molecular complexity index is 407. The van der Waals surface area contributed by atoms with E-state index in [1.165, 1.54) is 5.56 Å². The predicted octanol–water partition coefficient (Wildman–Crippen LogP) is 3.00. The molecule has 0 heterocycles. The van der Waals surface area contributed by atoms with Gasteiger partial charge in [0.25, 0.3) is 0 Å². The van der Waals surface area contributed by atoms with Crippen molar-refractivity contribution in [2.75, 3.05) is 5.75 Å². The van der Waals surface area contributed by atoms with E-state index in [4.69, 9.17) is 0 Å². The van der Waals surface area contributed by atoms with Gasteiger partial charge in [-0.1, -0.05) is 37.3 Å². The fraction of sp³-hybridized carbons (Fsp3) is 0.538. The standard InChI is InChI=1S/C13H20O2S/c1-11(2)16(14,15)10-9-12(3)13-7-5-4-6-8-13/h4-8,11-12H,9-10H2,1-3H3/t12-/m0/s1. The van der Waals surface area contributed by atoms with Crippen molar-refractivity contribution in [3.8, 4) is 0 Å². The number of hydrogen-bond donors (Lipinski definition) is 0. The summed E-state index contributed by atoms with van der Waals surface area (Å²) in [5, 5.41) is -0.268. The van der Waals surface area contributed by atoms with E-state index >= 15 is 0 Å². The second kappa shape index (κ2) is 5.48. The van der Waals surface area contributed by atoms with E-state index < -0.39 is 9.84 Å². The first-order valence-corrected chi connectivity index (χ1v) is 7.41. The molecule has 16 heavy (non-hydrogen) atoms. The number of hydrogen-bond acceptors (Lipinski definition) is 2. The zero-order valence-electron chi connectivity index (χ0n) is 10.2. The molecule has 0 fully saturated rings. The Hall–Kier alpha value is -0.830. The van der Waals surface area contributed by atoms with E-state index in [-0.39, 0.29) is 11.0 Å². The highest BCUT2D eigenvalue weighted by Crippen LogP contribution is 2.20. The van der Waals surface area contributed by atoms with E-state index in [2.05, 4.69) is 6.92 Å². The molecule has 0 aliphatic rings. The van der Waals surface area contributed by atoms with Crippen LogP contribution in [-0.4, -0.2) is 19.4 Å². The van der Waals surface area contributed by atoms with Crippen LogP contribution >= 0.6 is 0 Å². The first kappa shape index (κ1) is 13.2. The second-order valence-electron chi connectivity index (χ2n) is 4.52. The molecule has 0 unspecified atom stereocenters. The average Bonchev–Trinajstić information content (AvgIpc) is 2.27. The Balaban J connectivity index is 2.58. The highest BCUT2D eigenvalue weighted by atomic mass is 32.2. The van der Waals surface area contributed by atoms with Crippen molar-refractivity contribution in [2.24, 2.45) is 0 Å². The molecule has 2 nitrogen and oxygen atoms in total. The normalized spacial score (nSPS) is 14.0. The van der Waals surface area contributed by atoms with Crippen molar-refractivity contribution >= 4 is 9.84 Å². The Morgan fingerprint density at radius 3 is 2.12 bits per heavy atom. The van der Waals surface area contributed by atoms with Crippen molar-refractivity contribution in [1.82, 2.24) is 0 Å². The quantitative estimate of drug-likeness (QED) is 0.793. The predicted molar refractivity (Wildman–Crippen MR) is 68.4 cm³/mol. The van der Waals surface area contributed by atoms with Gasteiger partial charge in [-0.15, -0.1) is 0 Å². The van der Waals surface area contributed by atoms with E-state index in [1.807, 2.05) is 30.3 Å². The van der Waals surface area contributed by atoms with Gasteiger partial charge in [-0.05, 0) is 31.7 Å². The van der Waals surface area contributed by atoms with Gasteiger partial charge < -0.3 is 0 Å². The molecule has 1 aromatic rings. The second-order valence-corrected chi connectivity index (χ2v) is 7.19. The third kappa shape index (κ3) is 3.63. The van der Waals surface area contributed by atoms with E-state index in [1.54, 1.807) is 13.8 Å². The minimum Gasteiger partial charge on any atom is -0.229 e. The summed E-state index contributed by atoms with van der Waals surface area (Å²) in [7, 11) is -2.90. The summed E-state index contributed by atoms with van der Waals surface area (Å²) in [5.41, 5.74) is 1.21. The smallest absolute Gasteiger partial charge is 0.152 e. The molecule has 0 radical (unpaired) electrons. The van der Waals surface area contributed by atoms with Gasteiger partial charge in [0.2, 0.25) is 0 Å². The molecule has 0 aliphatic carbocycles. The lowest BCUT2D eigenvalue weighted by molar-refractivity contribution is 0.580. The van der Waals surface area contributed by atoms with E-state index in [0.29, 0.717) is 12.3 Å². The molecule has 0 amide bonds. The van der Waals surface area contributed by atoms with Crippen LogP contribution in [0.15, 0.2) is 30.3 Å². The lowest BCUT2D eigenvalue weighted by atomic mass is 9.99. The minimum atomic E-state index is -2.90. The zero-order chi connectivity index (χ0) is 12.2. The summed E-state index contributed by atoms with van der Waals surface area (Å²) >= 11 is 0. The largest absolute Gasteiger partial charge is 0.229 e. The van der Waals surface area contributed by atoms with Crippen molar-refractivity contribution in [3.05, 3.63) is 35.9 Å². The maximum Gasteiger partial charge on any atom is 0.152 e. The first-order chi connectivity index (χ1) is 7.43. The SMILES string of the molecule is CC(C)S(=O)(=O)CC[C@H](C)c1ccccc1. The summed E-state index contributed by atoms with van der Waals surface area (Å²) in [4.78, 5) is 0. The van der Waals surface area contributed by atoms with Crippen LogP contribution < -0.4 is 0 Å². The monoisotopic (exact) mass is 240 g/mol. The van der Waals surface area contributed by atoms with Crippen molar-refractivity contribution in [1.29, 1.82) is 0 Å². The fourth-order valence-corrected chi connectivity index (χ4v) is 2.68. The molecule has 0 N–H and O–H groups in total. The maximum absolute atomic E-state index is 11.7. The molecular formula is C13H20O2S. The molecule has 1 aromatic carbocycles. The van der Waals surface area contributed by atoms with Crippen molar-refractivity contribution in [2.45, 2.75) is 38.4 Å². The topological polar surface area (TPSA) is 34.1 Å². The average molecular weight is 240 g/mol. The number of rotatable bonds is 5. The summed E-state index contributed by atoms with van der Waals surface area (Å²) in [6.45, 7) is 5.55. The first-order valence-electron chi connectivity index (χ1n) is 5.70. The van der Waals surface area contributed by atoms with Crippen LogP contribution in [0.3, 0.4) is 0 Å². The Morgan fingerprint density at radius 2 is 1.62 bits per heavy atom. The van der Waals surface area contributed by atoms with Gasteiger partial charge in [-0.25, -0.2) is 8.42 Å². The van der Waals surface area contributed by atoms with Gasteiger partial charge in [0.1, 0.15) is 0 Å². The van der Waals surface area contributed by atoms with Crippen LogP contribution in [0.4, 0.5) is 0 Å². The Kier molecular flexibility index (Phi) is 4.54. The van der Waals surface area contributed by atoms with Crippen LogP contribution in [0, 0.1) is 0 Å². The highest BCUT2D eigenvalue weighted by molar-refractivity contribution is 7.91. The molecule has 0 bridgehead atoms. The van der Waals surface area contributed by atoms with Crippen LogP contribution in [0.5, 0.6) is 0 Å². The minimum absolute atomic E-state index is 0.268. The molecule has 0 spiro atoms. The van der Waals surface area contributed by atoms with Crippen LogP contribution in [0.2, 0.25) is 0 Å². The van der Waals surface area contributed by atoms with Crippen LogP contribution in [0.1, 0.15) is 38.7 Å². The van der Waals surface area contributed by atoms with Crippen molar-refractivity contribution in [3.63, 3.8) is 0 Å². The van der Waals surface area contributed by atoms with Crippen LogP contribution in [0.25, 0.3) is 0 Å².